The molecule has 0 aromatic carbocycles. The Labute approximate surface area is 113 Å². The van der Waals surface area contributed by atoms with Crippen LogP contribution in [0.3, 0.4) is 0 Å². The number of morpholine rings is 1. The normalized spacial score (nSPS) is 21.4. The van der Waals surface area contributed by atoms with E-state index in [4.69, 9.17) is 10.5 Å². The van der Waals surface area contributed by atoms with E-state index in [1.807, 2.05) is 27.7 Å². The Hall–Kier alpha value is -1.56. The van der Waals surface area contributed by atoms with E-state index in [-0.39, 0.29) is 17.1 Å². The van der Waals surface area contributed by atoms with E-state index in [1.165, 1.54) is 10.9 Å². The summed E-state index contributed by atoms with van der Waals surface area (Å²) in [5.41, 5.74) is 5.93. The molecule has 2 heterocycles. The summed E-state index contributed by atoms with van der Waals surface area (Å²) in [6, 6.07) is 0. The topological polar surface area (TPSA) is 73.4 Å². The zero-order valence-corrected chi connectivity index (χ0v) is 12.2. The first-order valence-electron chi connectivity index (χ1n) is 6.38. The molecule has 1 aromatic rings. The van der Waals surface area contributed by atoms with Crippen molar-refractivity contribution >= 4 is 11.6 Å². The van der Waals surface area contributed by atoms with Gasteiger partial charge in [-0.2, -0.15) is 5.10 Å². The second kappa shape index (κ2) is 4.23. The van der Waals surface area contributed by atoms with Crippen LogP contribution >= 0.6 is 0 Å². The molecule has 2 rings (SSSR count). The van der Waals surface area contributed by atoms with Gasteiger partial charge >= 0.3 is 0 Å². The highest BCUT2D eigenvalue weighted by atomic mass is 16.5. The minimum absolute atomic E-state index is 0.0954. The van der Waals surface area contributed by atoms with Gasteiger partial charge in [0.15, 0.2) is 0 Å². The molecular formula is C13H22N4O2. The van der Waals surface area contributed by atoms with E-state index in [1.54, 1.807) is 11.9 Å². The molecule has 1 aromatic heterocycles. The fraction of sp³-hybridized carbons (Fsp3) is 0.692. The third-order valence-corrected chi connectivity index (χ3v) is 3.15. The zero-order chi connectivity index (χ0) is 14.4. The number of hydrogen-bond acceptors (Lipinski definition) is 4. The Balaban J connectivity index is 2.29. The molecule has 2 N–H and O–H groups in total. The monoisotopic (exact) mass is 266 g/mol. The second-order valence-electron chi connectivity index (χ2n) is 6.35. The van der Waals surface area contributed by atoms with Crippen LogP contribution in [0.5, 0.6) is 0 Å². The summed E-state index contributed by atoms with van der Waals surface area (Å²) in [7, 11) is 1.72. The Bertz CT molecular complexity index is 469. The molecule has 1 amide bonds. The van der Waals surface area contributed by atoms with E-state index >= 15 is 0 Å². The summed E-state index contributed by atoms with van der Waals surface area (Å²) in [6.45, 7) is 9.03. The number of rotatable bonds is 1. The first kappa shape index (κ1) is 13.9. The SMILES string of the molecule is Cn1ncc(N)c1C(=O)N1CC(C)(C)OC(C)(C)C1. The highest BCUT2D eigenvalue weighted by Gasteiger charge is 2.41. The Kier molecular flexibility index (Phi) is 3.09. The van der Waals surface area contributed by atoms with Gasteiger partial charge in [-0.3, -0.25) is 9.48 Å². The van der Waals surface area contributed by atoms with E-state index in [0.29, 0.717) is 24.5 Å². The van der Waals surface area contributed by atoms with Gasteiger partial charge in [-0.05, 0) is 27.7 Å². The Morgan fingerprint density at radius 2 is 1.84 bits per heavy atom. The first-order valence-corrected chi connectivity index (χ1v) is 6.38. The van der Waals surface area contributed by atoms with Crippen molar-refractivity contribution in [2.75, 3.05) is 18.8 Å². The number of amides is 1. The second-order valence-corrected chi connectivity index (χ2v) is 6.35. The van der Waals surface area contributed by atoms with E-state index < -0.39 is 0 Å². The molecule has 0 saturated carbocycles. The highest BCUT2D eigenvalue weighted by Crippen LogP contribution is 2.29. The lowest BCUT2D eigenvalue weighted by Gasteiger charge is -2.47. The number of anilines is 1. The minimum atomic E-state index is -0.370. The van der Waals surface area contributed by atoms with E-state index in [9.17, 15) is 4.79 Å². The maximum absolute atomic E-state index is 12.6. The molecule has 0 spiro atoms. The maximum Gasteiger partial charge on any atom is 0.274 e. The summed E-state index contributed by atoms with van der Waals surface area (Å²) >= 11 is 0. The molecule has 6 heteroatoms. The molecule has 1 fully saturated rings. The summed E-state index contributed by atoms with van der Waals surface area (Å²) in [5, 5.41) is 4.02. The maximum atomic E-state index is 12.6. The predicted octanol–water partition coefficient (Wildman–Crippen LogP) is 1.03. The number of carbonyl (C=O) groups is 1. The molecule has 0 unspecified atom stereocenters. The summed E-state index contributed by atoms with van der Waals surface area (Å²) in [6.07, 6.45) is 1.50. The van der Waals surface area contributed by atoms with Crippen LogP contribution in [-0.4, -0.2) is 44.9 Å². The highest BCUT2D eigenvalue weighted by molar-refractivity contribution is 5.97. The Morgan fingerprint density at radius 1 is 1.32 bits per heavy atom. The van der Waals surface area contributed by atoms with Crippen LogP contribution in [0.4, 0.5) is 5.69 Å². The number of nitrogens with zero attached hydrogens (tertiary/aromatic N) is 3. The largest absolute Gasteiger partial charge is 0.396 e. The number of aromatic nitrogens is 2. The third kappa shape index (κ3) is 2.73. The van der Waals surface area contributed by atoms with Crippen molar-refractivity contribution in [3.63, 3.8) is 0 Å². The van der Waals surface area contributed by atoms with Crippen LogP contribution in [0.25, 0.3) is 0 Å². The van der Waals surface area contributed by atoms with Crippen molar-refractivity contribution in [1.29, 1.82) is 0 Å². The van der Waals surface area contributed by atoms with E-state index in [2.05, 4.69) is 5.10 Å². The van der Waals surface area contributed by atoms with Crippen LogP contribution in [0, 0.1) is 0 Å². The smallest absolute Gasteiger partial charge is 0.274 e. The molecule has 1 aliphatic heterocycles. The molecule has 106 valence electrons. The van der Waals surface area contributed by atoms with Gasteiger partial charge < -0.3 is 15.4 Å². The quantitative estimate of drug-likeness (QED) is 0.824. The molecule has 19 heavy (non-hydrogen) atoms. The van der Waals surface area contributed by atoms with Gasteiger partial charge in [0.25, 0.3) is 5.91 Å². The lowest BCUT2D eigenvalue weighted by molar-refractivity contribution is -0.171. The van der Waals surface area contributed by atoms with Crippen molar-refractivity contribution in [1.82, 2.24) is 14.7 Å². The van der Waals surface area contributed by atoms with Crippen LogP contribution in [0.2, 0.25) is 0 Å². The van der Waals surface area contributed by atoms with Gasteiger partial charge in [0.05, 0.1) is 23.1 Å². The van der Waals surface area contributed by atoms with Crippen LogP contribution in [0.15, 0.2) is 6.20 Å². The lowest BCUT2D eigenvalue weighted by atomic mass is 9.98. The fourth-order valence-electron chi connectivity index (χ4n) is 2.80. The molecular weight excluding hydrogens is 244 g/mol. The molecule has 6 nitrogen and oxygen atoms in total. The van der Waals surface area contributed by atoms with Crippen molar-refractivity contribution in [3.8, 4) is 0 Å². The molecule has 1 aliphatic rings. The number of nitrogens with two attached hydrogens (primary N) is 1. The summed E-state index contributed by atoms with van der Waals surface area (Å²) < 4.78 is 7.49. The van der Waals surface area contributed by atoms with Crippen LogP contribution in [0.1, 0.15) is 38.2 Å². The molecule has 0 atom stereocenters. The molecule has 0 aliphatic carbocycles. The van der Waals surface area contributed by atoms with Crippen LogP contribution in [-0.2, 0) is 11.8 Å². The van der Waals surface area contributed by atoms with Crippen molar-refractivity contribution in [2.45, 2.75) is 38.9 Å². The zero-order valence-electron chi connectivity index (χ0n) is 12.2. The molecule has 0 radical (unpaired) electrons. The van der Waals surface area contributed by atoms with Crippen LogP contribution < -0.4 is 5.73 Å². The summed E-state index contributed by atoms with van der Waals surface area (Å²) in [4.78, 5) is 14.4. The number of hydrogen-bond donors (Lipinski definition) is 1. The van der Waals surface area contributed by atoms with Crippen molar-refractivity contribution in [3.05, 3.63) is 11.9 Å². The van der Waals surface area contributed by atoms with Gasteiger partial charge in [-0.15, -0.1) is 0 Å². The van der Waals surface area contributed by atoms with Gasteiger partial charge in [0.2, 0.25) is 0 Å². The summed E-state index contributed by atoms with van der Waals surface area (Å²) in [5.74, 6) is -0.0954. The van der Waals surface area contributed by atoms with Gasteiger partial charge in [-0.25, -0.2) is 0 Å². The molecule has 0 bridgehead atoms. The number of aryl methyl sites for hydroxylation is 1. The van der Waals surface area contributed by atoms with Crippen molar-refractivity contribution < 1.29 is 9.53 Å². The average Bonchev–Trinajstić information content (AvgIpc) is 2.53. The fourth-order valence-corrected chi connectivity index (χ4v) is 2.80. The molecule has 1 saturated heterocycles. The number of carbonyl (C=O) groups excluding carboxylic acids is 1. The van der Waals surface area contributed by atoms with Gasteiger partial charge in [-0.1, -0.05) is 0 Å². The third-order valence-electron chi connectivity index (χ3n) is 3.15. The number of nitrogen functional groups attached to an aromatic ring is 1. The number of ether oxygens (including phenoxy) is 1. The standard InChI is InChI=1S/C13H22N4O2/c1-12(2)7-17(8-13(3,4)19-12)11(18)10-9(14)6-15-16(10)5/h6H,7-8,14H2,1-5H3. The predicted molar refractivity (Wildman–Crippen MR) is 72.8 cm³/mol. The lowest BCUT2D eigenvalue weighted by Crippen LogP contribution is -2.58. The van der Waals surface area contributed by atoms with Gasteiger partial charge in [0, 0.05) is 20.1 Å². The van der Waals surface area contributed by atoms with Gasteiger partial charge in [0.1, 0.15) is 5.69 Å². The Morgan fingerprint density at radius 3 is 2.26 bits per heavy atom. The van der Waals surface area contributed by atoms with Crippen molar-refractivity contribution in [2.24, 2.45) is 7.05 Å². The minimum Gasteiger partial charge on any atom is -0.396 e. The average molecular weight is 266 g/mol. The van der Waals surface area contributed by atoms with E-state index in [0.717, 1.165) is 0 Å². The first-order chi connectivity index (χ1) is 8.61.